The van der Waals surface area contributed by atoms with Gasteiger partial charge in [0.1, 0.15) is 11.6 Å². The number of ketones is 1. The number of nitrogens with one attached hydrogen (secondary N) is 2. The summed E-state index contributed by atoms with van der Waals surface area (Å²) in [5.41, 5.74) is 7.49. The Bertz CT molecular complexity index is 1160. The molecule has 0 saturated carbocycles. The van der Waals surface area contributed by atoms with E-state index < -0.39 is 30.1 Å². The van der Waals surface area contributed by atoms with Gasteiger partial charge >= 0.3 is 11.9 Å². The Morgan fingerprint density at radius 3 is 2.43 bits per heavy atom. The molecule has 0 saturated heterocycles. The molecule has 1 atom stereocenters. The minimum absolute atomic E-state index is 0.0316. The maximum Gasteiger partial charge on any atom is 0.314 e. The van der Waals surface area contributed by atoms with E-state index in [1.54, 1.807) is 18.3 Å². The zero-order chi connectivity index (χ0) is 21.8. The molecule has 10 heteroatoms. The Balaban J connectivity index is 1.70. The first-order valence-electron chi connectivity index (χ1n) is 9.19. The molecular weight excluding hydrogens is 392 g/mol. The van der Waals surface area contributed by atoms with Gasteiger partial charge in [-0.15, -0.1) is 0 Å². The normalized spacial score (nSPS) is 12.0. The number of fused-ring (bicyclic) bond motifs is 1. The Morgan fingerprint density at radius 1 is 1.10 bits per heavy atom. The smallest absolute Gasteiger partial charge is 0.314 e. The van der Waals surface area contributed by atoms with Crippen LogP contribution in [0.5, 0.6) is 0 Å². The Morgan fingerprint density at radius 2 is 1.80 bits per heavy atom. The summed E-state index contributed by atoms with van der Waals surface area (Å²) < 4.78 is 0. The number of aryl methyl sites for hydroxylation is 2. The molecule has 0 amide bonds. The van der Waals surface area contributed by atoms with E-state index in [1.807, 2.05) is 0 Å². The van der Waals surface area contributed by atoms with Crippen LogP contribution in [-0.2, 0) is 22.4 Å². The van der Waals surface area contributed by atoms with Crippen LogP contribution in [0, 0.1) is 5.92 Å². The van der Waals surface area contributed by atoms with E-state index in [0.717, 1.165) is 11.1 Å². The molecule has 6 N–H and O–H groups in total. The van der Waals surface area contributed by atoms with Gasteiger partial charge in [0.2, 0.25) is 5.95 Å². The van der Waals surface area contributed by atoms with Gasteiger partial charge in [-0.2, -0.15) is 4.98 Å². The summed E-state index contributed by atoms with van der Waals surface area (Å²) in [6, 6.07) is 6.47. The second kappa shape index (κ2) is 8.60. The fourth-order valence-corrected chi connectivity index (χ4v) is 3.27. The van der Waals surface area contributed by atoms with Crippen LogP contribution in [0.25, 0.3) is 11.0 Å². The van der Waals surface area contributed by atoms with Crippen molar-refractivity contribution >= 4 is 34.7 Å². The molecule has 0 bridgehead atoms. The molecular formula is C20H20N4O6. The Labute approximate surface area is 169 Å². The highest BCUT2D eigenvalue weighted by Gasteiger charge is 2.27. The molecule has 2 heterocycles. The van der Waals surface area contributed by atoms with Gasteiger partial charge in [0.15, 0.2) is 5.78 Å². The van der Waals surface area contributed by atoms with E-state index in [2.05, 4.69) is 15.0 Å². The number of carbonyl (C=O) groups excluding carboxylic acids is 1. The lowest BCUT2D eigenvalue weighted by Gasteiger charge is -2.10. The van der Waals surface area contributed by atoms with Gasteiger partial charge in [0.25, 0.3) is 5.56 Å². The lowest BCUT2D eigenvalue weighted by molar-refractivity contribution is -0.141. The fourth-order valence-electron chi connectivity index (χ4n) is 3.27. The van der Waals surface area contributed by atoms with Gasteiger partial charge < -0.3 is 20.9 Å². The molecule has 10 nitrogen and oxygen atoms in total. The highest BCUT2D eigenvalue weighted by molar-refractivity contribution is 6.08. The summed E-state index contributed by atoms with van der Waals surface area (Å²) in [6.07, 6.45) is 2.15. The van der Waals surface area contributed by atoms with Gasteiger partial charge in [-0.05, 0) is 30.4 Å². The number of benzene rings is 1. The second-order valence-electron chi connectivity index (χ2n) is 6.87. The minimum atomic E-state index is -1.40. The van der Waals surface area contributed by atoms with Crippen molar-refractivity contribution in [2.24, 2.45) is 5.92 Å². The zero-order valence-electron chi connectivity index (χ0n) is 15.8. The van der Waals surface area contributed by atoms with E-state index >= 15 is 0 Å². The average Bonchev–Trinajstić information content (AvgIpc) is 3.09. The molecule has 30 heavy (non-hydrogen) atoms. The summed E-state index contributed by atoms with van der Waals surface area (Å²) in [5.74, 6) is -4.49. The van der Waals surface area contributed by atoms with Crippen LogP contribution < -0.4 is 11.3 Å². The number of hydrogen-bond acceptors (Lipinski definition) is 6. The number of aliphatic carboxylic acids is 2. The number of aromatic nitrogens is 3. The van der Waals surface area contributed by atoms with E-state index in [4.69, 9.17) is 10.8 Å². The van der Waals surface area contributed by atoms with Crippen LogP contribution in [0.2, 0.25) is 0 Å². The van der Waals surface area contributed by atoms with Gasteiger partial charge in [-0.1, -0.05) is 24.3 Å². The van der Waals surface area contributed by atoms with Crippen molar-refractivity contribution in [1.29, 1.82) is 0 Å². The predicted molar refractivity (Wildman–Crippen MR) is 107 cm³/mol. The quantitative estimate of drug-likeness (QED) is 0.258. The molecule has 3 aromatic rings. The van der Waals surface area contributed by atoms with Crippen LogP contribution in [0.4, 0.5) is 5.95 Å². The molecule has 156 valence electrons. The van der Waals surface area contributed by atoms with Crippen LogP contribution in [-0.4, -0.2) is 42.9 Å². The third kappa shape index (κ3) is 4.54. The van der Waals surface area contributed by atoms with Crippen molar-refractivity contribution in [3.63, 3.8) is 0 Å². The Kier molecular flexibility index (Phi) is 5.95. The van der Waals surface area contributed by atoms with Crippen molar-refractivity contribution < 1.29 is 24.6 Å². The van der Waals surface area contributed by atoms with Crippen LogP contribution in [0.1, 0.15) is 34.3 Å². The molecule has 0 aliphatic rings. The number of carbonyl (C=O) groups is 3. The summed E-state index contributed by atoms with van der Waals surface area (Å²) in [6.45, 7) is 0. The third-order valence-electron chi connectivity index (χ3n) is 4.82. The number of H-pyrrole nitrogens is 2. The lowest BCUT2D eigenvalue weighted by atomic mass is 9.92. The molecule has 2 aromatic heterocycles. The second-order valence-corrected chi connectivity index (χ2v) is 6.87. The first kappa shape index (κ1) is 20.8. The monoisotopic (exact) mass is 412 g/mol. The van der Waals surface area contributed by atoms with E-state index in [1.165, 1.54) is 12.1 Å². The Hall–Kier alpha value is -3.95. The molecule has 0 radical (unpaired) electrons. The first-order chi connectivity index (χ1) is 14.3. The molecule has 0 spiro atoms. The van der Waals surface area contributed by atoms with Crippen molar-refractivity contribution in [1.82, 2.24) is 15.0 Å². The third-order valence-corrected chi connectivity index (χ3v) is 4.82. The summed E-state index contributed by atoms with van der Waals surface area (Å²) >= 11 is 0. The number of nitrogens with two attached hydrogens (primary N) is 1. The number of aromatic amines is 2. The molecule has 0 fully saturated rings. The van der Waals surface area contributed by atoms with E-state index in [9.17, 15) is 24.3 Å². The van der Waals surface area contributed by atoms with Gasteiger partial charge in [0, 0.05) is 18.2 Å². The SMILES string of the molecule is Nc1nc2[nH]cc(CCc3ccc(C(=O)C(CCC(=O)O)C(=O)O)cc3)c2c(=O)[nH]1. The van der Waals surface area contributed by atoms with Crippen LogP contribution in [0.3, 0.4) is 0 Å². The zero-order valence-corrected chi connectivity index (χ0v) is 15.8. The van der Waals surface area contributed by atoms with Crippen molar-refractivity contribution in [2.75, 3.05) is 5.73 Å². The molecule has 0 aliphatic carbocycles. The van der Waals surface area contributed by atoms with Crippen molar-refractivity contribution in [2.45, 2.75) is 25.7 Å². The molecule has 3 rings (SSSR count). The molecule has 1 unspecified atom stereocenters. The molecule has 1 aromatic carbocycles. The molecule has 0 aliphatic heterocycles. The van der Waals surface area contributed by atoms with E-state index in [0.29, 0.717) is 23.9 Å². The summed E-state index contributed by atoms with van der Waals surface area (Å²) in [7, 11) is 0. The largest absolute Gasteiger partial charge is 0.481 e. The number of hydrogen-bond donors (Lipinski definition) is 5. The highest BCUT2D eigenvalue weighted by atomic mass is 16.4. The van der Waals surface area contributed by atoms with Gasteiger partial charge in [0.05, 0.1) is 5.39 Å². The number of carboxylic acid groups (broad SMARTS) is 2. The van der Waals surface area contributed by atoms with Crippen LogP contribution >= 0.6 is 0 Å². The summed E-state index contributed by atoms with van der Waals surface area (Å²) in [4.78, 5) is 56.0. The highest BCUT2D eigenvalue weighted by Crippen LogP contribution is 2.18. The predicted octanol–water partition coefficient (Wildman–Crippen LogP) is 1.37. The van der Waals surface area contributed by atoms with Crippen LogP contribution in [0.15, 0.2) is 35.3 Å². The standard InChI is InChI=1S/C20H20N4O6/c21-20-23-17-15(18(28)24-20)12(9-22-17)6-3-10-1-4-11(5-2-10)16(27)13(19(29)30)7-8-14(25)26/h1-2,4-5,9,13H,3,6-8H2,(H,25,26)(H,29,30)(H4,21,22,23,24,28). The van der Waals surface area contributed by atoms with Crippen molar-refractivity contribution in [3.8, 4) is 0 Å². The van der Waals surface area contributed by atoms with E-state index in [-0.39, 0.29) is 23.5 Å². The van der Waals surface area contributed by atoms with Gasteiger partial charge in [-0.25, -0.2) is 0 Å². The maximum atomic E-state index is 12.4. The number of anilines is 1. The first-order valence-corrected chi connectivity index (χ1v) is 9.19. The number of carboxylic acids is 2. The van der Waals surface area contributed by atoms with Gasteiger partial charge in [-0.3, -0.25) is 24.2 Å². The fraction of sp³-hybridized carbons (Fsp3) is 0.250. The number of nitrogens with zero attached hydrogens (tertiary/aromatic N) is 1. The van der Waals surface area contributed by atoms with Crippen molar-refractivity contribution in [3.05, 3.63) is 57.5 Å². The topological polar surface area (TPSA) is 179 Å². The maximum absolute atomic E-state index is 12.4. The average molecular weight is 412 g/mol. The lowest BCUT2D eigenvalue weighted by Crippen LogP contribution is -2.24. The summed E-state index contributed by atoms with van der Waals surface area (Å²) in [5, 5.41) is 18.4. The number of Topliss-reactive ketones (excluding diaryl/α,β-unsaturated/α-hetero) is 1. The number of rotatable bonds is 9. The number of nitrogen functional groups attached to an aromatic ring is 1. The minimum Gasteiger partial charge on any atom is -0.481 e.